The summed E-state index contributed by atoms with van der Waals surface area (Å²) in [6, 6.07) is 11.1. The normalized spacial score (nSPS) is 14.5. The Morgan fingerprint density at radius 1 is 1.30 bits per heavy atom. The average Bonchev–Trinajstić information content (AvgIpc) is 3.24. The summed E-state index contributed by atoms with van der Waals surface area (Å²) < 4.78 is 0. The van der Waals surface area contributed by atoms with Gasteiger partial charge in [-0.2, -0.15) is 0 Å². The van der Waals surface area contributed by atoms with E-state index in [1.807, 2.05) is 6.07 Å². The van der Waals surface area contributed by atoms with Crippen LogP contribution in [0.1, 0.15) is 31.1 Å². The van der Waals surface area contributed by atoms with Crippen LogP contribution in [0.5, 0.6) is 0 Å². The van der Waals surface area contributed by atoms with Gasteiger partial charge in [-0.25, -0.2) is 4.98 Å². The van der Waals surface area contributed by atoms with Crippen molar-refractivity contribution in [3.05, 3.63) is 35.2 Å². The number of hydrogen-bond donors (Lipinski definition) is 1. The van der Waals surface area contributed by atoms with Crippen molar-refractivity contribution in [1.82, 2.24) is 4.98 Å². The van der Waals surface area contributed by atoms with Crippen LogP contribution in [0.15, 0.2) is 30.3 Å². The summed E-state index contributed by atoms with van der Waals surface area (Å²) in [6.45, 7) is 3.88. The first-order valence-electron chi connectivity index (χ1n) is 7.35. The number of aromatic nitrogens is 1. The molecular weight excluding hydrogens is 266 g/mol. The number of benzene rings is 1. The second kappa shape index (κ2) is 5.94. The minimum absolute atomic E-state index is 0.562. The van der Waals surface area contributed by atoms with E-state index in [0.717, 1.165) is 23.8 Å². The van der Waals surface area contributed by atoms with Crippen molar-refractivity contribution < 1.29 is 0 Å². The highest BCUT2D eigenvalue weighted by molar-refractivity contribution is 7.16. The molecule has 0 atom stereocenters. The molecule has 1 aromatic carbocycles. The summed E-state index contributed by atoms with van der Waals surface area (Å²) in [7, 11) is 0. The van der Waals surface area contributed by atoms with Gasteiger partial charge >= 0.3 is 0 Å². The second-order valence-electron chi connectivity index (χ2n) is 5.26. The Bertz CT molecular complexity index is 560. The van der Waals surface area contributed by atoms with Gasteiger partial charge in [0.05, 0.1) is 5.69 Å². The quantitative estimate of drug-likeness (QED) is 0.882. The predicted molar refractivity (Wildman–Crippen MR) is 86.1 cm³/mol. The van der Waals surface area contributed by atoms with E-state index in [0.29, 0.717) is 12.6 Å². The van der Waals surface area contributed by atoms with Crippen LogP contribution in [0.3, 0.4) is 0 Å². The van der Waals surface area contributed by atoms with Crippen LogP contribution in [-0.2, 0) is 6.54 Å². The summed E-state index contributed by atoms with van der Waals surface area (Å²) in [4.78, 5) is 8.55. The molecule has 2 N–H and O–H groups in total. The Hall–Kier alpha value is -1.39. The molecule has 0 aliphatic heterocycles. The number of thiazole rings is 1. The summed E-state index contributed by atoms with van der Waals surface area (Å²) >= 11 is 1.76. The maximum absolute atomic E-state index is 5.92. The number of nitrogens with zero attached hydrogens (tertiary/aromatic N) is 2. The molecule has 1 fully saturated rings. The lowest BCUT2D eigenvalue weighted by molar-refractivity contribution is 0.760. The van der Waals surface area contributed by atoms with E-state index in [4.69, 9.17) is 10.7 Å². The van der Waals surface area contributed by atoms with Gasteiger partial charge in [-0.05, 0) is 19.3 Å². The molecule has 0 spiro atoms. The topological polar surface area (TPSA) is 42.2 Å². The zero-order chi connectivity index (χ0) is 13.9. The molecule has 0 amide bonds. The number of nitrogens with two attached hydrogens (primary N) is 1. The molecule has 3 nitrogen and oxygen atoms in total. The molecule has 1 aliphatic carbocycles. The zero-order valence-corrected chi connectivity index (χ0v) is 12.7. The molecule has 0 saturated heterocycles. The van der Waals surface area contributed by atoms with Gasteiger partial charge in [-0.15, -0.1) is 0 Å². The van der Waals surface area contributed by atoms with Crippen LogP contribution in [0.25, 0.3) is 11.3 Å². The molecule has 4 heteroatoms. The Balaban J connectivity index is 1.95. The molecule has 2 aromatic rings. The Kier molecular flexibility index (Phi) is 4.03. The van der Waals surface area contributed by atoms with Gasteiger partial charge in [0.25, 0.3) is 0 Å². The molecular formula is C16H21N3S. The molecule has 0 unspecified atom stereocenters. The van der Waals surface area contributed by atoms with E-state index < -0.39 is 0 Å². The largest absolute Gasteiger partial charge is 0.345 e. The first-order chi connectivity index (χ1) is 9.83. The van der Waals surface area contributed by atoms with Gasteiger partial charge in [-0.3, -0.25) is 0 Å². The first-order valence-corrected chi connectivity index (χ1v) is 8.17. The standard InChI is InChI=1S/C16H21N3S/c1-2-10-19(13-8-9-13)16-18-15(14(11-17)20-16)12-6-4-3-5-7-12/h3-7,13H,2,8-11,17H2,1H3. The van der Waals surface area contributed by atoms with Gasteiger partial charge in [0, 0.05) is 29.6 Å². The summed E-state index contributed by atoms with van der Waals surface area (Å²) in [5.74, 6) is 0. The fourth-order valence-corrected chi connectivity index (χ4v) is 3.54. The van der Waals surface area contributed by atoms with E-state index in [1.165, 1.54) is 23.3 Å². The Labute approximate surface area is 124 Å². The zero-order valence-electron chi connectivity index (χ0n) is 11.9. The summed E-state index contributed by atoms with van der Waals surface area (Å²) in [5, 5.41) is 1.15. The summed E-state index contributed by atoms with van der Waals surface area (Å²) in [6.07, 6.45) is 3.77. The molecule has 3 rings (SSSR count). The lowest BCUT2D eigenvalue weighted by Crippen LogP contribution is -2.26. The maximum atomic E-state index is 5.92. The minimum Gasteiger partial charge on any atom is -0.345 e. The van der Waals surface area contributed by atoms with Gasteiger partial charge in [0.1, 0.15) is 0 Å². The van der Waals surface area contributed by atoms with E-state index in [2.05, 4.69) is 36.1 Å². The van der Waals surface area contributed by atoms with E-state index in [1.54, 1.807) is 11.3 Å². The fourth-order valence-electron chi connectivity index (χ4n) is 2.48. The van der Waals surface area contributed by atoms with Crippen molar-refractivity contribution >= 4 is 16.5 Å². The van der Waals surface area contributed by atoms with Crippen molar-refractivity contribution in [1.29, 1.82) is 0 Å². The lowest BCUT2D eigenvalue weighted by Gasteiger charge is -2.20. The smallest absolute Gasteiger partial charge is 0.186 e. The van der Waals surface area contributed by atoms with Crippen LogP contribution >= 0.6 is 11.3 Å². The van der Waals surface area contributed by atoms with Gasteiger partial charge < -0.3 is 10.6 Å². The number of anilines is 1. The molecule has 0 bridgehead atoms. The Morgan fingerprint density at radius 2 is 2.05 bits per heavy atom. The van der Waals surface area contributed by atoms with Crippen LogP contribution in [-0.4, -0.2) is 17.6 Å². The molecule has 0 radical (unpaired) electrons. The van der Waals surface area contributed by atoms with Crippen molar-refractivity contribution in [3.8, 4) is 11.3 Å². The SMILES string of the molecule is CCCN(c1nc(-c2ccccc2)c(CN)s1)C1CC1. The first kappa shape index (κ1) is 13.6. The minimum atomic E-state index is 0.562. The van der Waals surface area contributed by atoms with Crippen LogP contribution in [0.4, 0.5) is 5.13 Å². The average molecular weight is 287 g/mol. The number of rotatable bonds is 6. The monoisotopic (exact) mass is 287 g/mol. The lowest BCUT2D eigenvalue weighted by atomic mass is 10.1. The maximum Gasteiger partial charge on any atom is 0.186 e. The van der Waals surface area contributed by atoms with Crippen molar-refractivity contribution in [2.75, 3.05) is 11.4 Å². The molecule has 1 aliphatic rings. The van der Waals surface area contributed by atoms with E-state index in [-0.39, 0.29) is 0 Å². The third-order valence-electron chi connectivity index (χ3n) is 3.62. The molecule has 20 heavy (non-hydrogen) atoms. The highest BCUT2D eigenvalue weighted by atomic mass is 32.1. The van der Waals surface area contributed by atoms with Crippen molar-refractivity contribution in [3.63, 3.8) is 0 Å². The molecule has 1 saturated carbocycles. The third-order valence-corrected chi connectivity index (χ3v) is 4.73. The van der Waals surface area contributed by atoms with E-state index >= 15 is 0 Å². The van der Waals surface area contributed by atoms with E-state index in [9.17, 15) is 0 Å². The second-order valence-corrected chi connectivity index (χ2v) is 6.33. The van der Waals surface area contributed by atoms with Crippen molar-refractivity contribution in [2.45, 2.75) is 38.8 Å². The van der Waals surface area contributed by atoms with Gasteiger partial charge in [0.15, 0.2) is 5.13 Å². The predicted octanol–water partition coefficient (Wildman–Crippen LogP) is 3.65. The van der Waals surface area contributed by atoms with Crippen molar-refractivity contribution in [2.24, 2.45) is 5.73 Å². The molecule has 106 valence electrons. The fraction of sp³-hybridized carbons (Fsp3) is 0.438. The van der Waals surface area contributed by atoms with Crippen LogP contribution in [0, 0.1) is 0 Å². The molecule has 1 aromatic heterocycles. The van der Waals surface area contributed by atoms with Crippen LogP contribution in [0.2, 0.25) is 0 Å². The molecule has 1 heterocycles. The number of hydrogen-bond acceptors (Lipinski definition) is 4. The van der Waals surface area contributed by atoms with Gasteiger partial charge in [0.2, 0.25) is 0 Å². The summed E-state index contributed by atoms with van der Waals surface area (Å²) in [5.41, 5.74) is 8.15. The Morgan fingerprint density at radius 3 is 2.65 bits per heavy atom. The van der Waals surface area contributed by atoms with Crippen LogP contribution < -0.4 is 10.6 Å². The highest BCUT2D eigenvalue weighted by Crippen LogP contribution is 2.38. The highest BCUT2D eigenvalue weighted by Gasteiger charge is 2.31. The van der Waals surface area contributed by atoms with Gasteiger partial charge in [-0.1, -0.05) is 48.6 Å². The third kappa shape index (κ3) is 2.72.